The van der Waals surface area contributed by atoms with E-state index in [9.17, 15) is 0 Å². The first kappa shape index (κ1) is 17.9. The van der Waals surface area contributed by atoms with Crippen LogP contribution in [-0.4, -0.2) is 37.7 Å². The average Bonchev–Trinajstić information content (AvgIpc) is 2.91. The number of hydrogen-bond donors (Lipinski definition) is 1. The summed E-state index contributed by atoms with van der Waals surface area (Å²) >= 11 is 0. The van der Waals surface area contributed by atoms with E-state index in [0.29, 0.717) is 6.04 Å². The number of halogens is 2. The third-order valence-corrected chi connectivity index (χ3v) is 5.20. The number of piperazine rings is 1. The molecule has 5 heteroatoms. The SMILES string of the molecule is Cl.Cl.c1cc2c(cc1[C@@H](C1CCC1)N1CCNCC1)CCO2. The summed E-state index contributed by atoms with van der Waals surface area (Å²) < 4.78 is 5.66. The third-order valence-electron chi connectivity index (χ3n) is 5.20. The van der Waals surface area contributed by atoms with Gasteiger partial charge in [-0.25, -0.2) is 0 Å². The summed E-state index contributed by atoms with van der Waals surface area (Å²) in [5.41, 5.74) is 2.95. The summed E-state index contributed by atoms with van der Waals surface area (Å²) in [6.45, 7) is 5.51. The van der Waals surface area contributed by atoms with Gasteiger partial charge < -0.3 is 10.1 Å². The van der Waals surface area contributed by atoms with E-state index in [1.807, 2.05) is 0 Å². The molecule has 1 aromatic carbocycles. The van der Waals surface area contributed by atoms with Gasteiger partial charge in [0.2, 0.25) is 0 Å². The normalized spacial score (nSPS) is 22.5. The van der Waals surface area contributed by atoms with Crippen LogP contribution in [0.3, 0.4) is 0 Å². The van der Waals surface area contributed by atoms with Crippen molar-refractivity contribution < 1.29 is 4.74 Å². The lowest BCUT2D eigenvalue weighted by molar-refractivity contribution is 0.0837. The summed E-state index contributed by atoms with van der Waals surface area (Å²) in [6.07, 6.45) is 5.31. The maximum atomic E-state index is 5.66. The van der Waals surface area contributed by atoms with Crippen LogP contribution >= 0.6 is 24.8 Å². The van der Waals surface area contributed by atoms with E-state index in [0.717, 1.165) is 37.8 Å². The fourth-order valence-electron chi connectivity index (χ4n) is 3.89. The molecular formula is C17H26Cl2N2O. The van der Waals surface area contributed by atoms with E-state index in [1.165, 1.54) is 43.5 Å². The standard InChI is InChI=1S/C17H24N2O.2ClH/c1-2-13(3-1)17(19-9-7-18-8-10-19)15-4-5-16-14(12-15)6-11-20-16;;/h4-5,12-13,17-18H,1-3,6-11H2;2*1H/t17-;;/m1../s1. The Labute approximate surface area is 145 Å². The minimum atomic E-state index is 0. The number of nitrogens with zero attached hydrogens (tertiary/aromatic N) is 1. The molecule has 0 unspecified atom stereocenters. The average molecular weight is 345 g/mol. The Balaban J connectivity index is 0.000000882. The van der Waals surface area contributed by atoms with Crippen LogP contribution in [0.2, 0.25) is 0 Å². The first-order chi connectivity index (χ1) is 9.92. The van der Waals surface area contributed by atoms with Crippen LogP contribution in [0.5, 0.6) is 5.75 Å². The zero-order chi connectivity index (χ0) is 13.4. The molecule has 0 spiro atoms. The highest BCUT2D eigenvalue weighted by molar-refractivity contribution is 5.85. The Bertz CT molecular complexity index is 488. The highest BCUT2D eigenvalue weighted by Gasteiger charge is 2.34. The number of nitrogens with one attached hydrogen (secondary N) is 1. The molecule has 4 rings (SSSR count). The molecule has 1 N–H and O–H groups in total. The lowest BCUT2D eigenvalue weighted by Crippen LogP contribution is -2.47. The van der Waals surface area contributed by atoms with Crippen molar-refractivity contribution in [3.63, 3.8) is 0 Å². The largest absolute Gasteiger partial charge is 0.493 e. The molecule has 0 radical (unpaired) electrons. The van der Waals surface area contributed by atoms with Crippen LogP contribution in [0.15, 0.2) is 18.2 Å². The summed E-state index contributed by atoms with van der Waals surface area (Å²) in [4.78, 5) is 2.71. The van der Waals surface area contributed by atoms with Crippen molar-refractivity contribution >= 4 is 24.8 Å². The van der Waals surface area contributed by atoms with Gasteiger partial charge in [-0.2, -0.15) is 0 Å². The van der Waals surface area contributed by atoms with E-state index >= 15 is 0 Å². The van der Waals surface area contributed by atoms with Crippen molar-refractivity contribution in [3.05, 3.63) is 29.3 Å². The minimum absolute atomic E-state index is 0. The molecule has 1 atom stereocenters. The maximum Gasteiger partial charge on any atom is 0.122 e. The van der Waals surface area contributed by atoms with Crippen LogP contribution in [0, 0.1) is 5.92 Å². The van der Waals surface area contributed by atoms with Gasteiger partial charge in [0.05, 0.1) is 6.61 Å². The van der Waals surface area contributed by atoms with Gasteiger partial charge in [0.15, 0.2) is 0 Å². The second-order valence-corrected chi connectivity index (χ2v) is 6.39. The molecule has 124 valence electrons. The topological polar surface area (TPSA) is 24.5 Å². The second-order valence-electron chi connectivity index (χ2n) is 6.39. The molecule has 2 heterocycles. The highest BCUT2D eigenvalue weighted by Crippen LogP contribution is 2.42. The first-order valence-electron chi connectivity index (χ1n) is 8.12. The number of rotatable bonds is 3. The number of benzene rings is 1. The lowest BCUT2D eigenvalue weighted by Gasteiger charge is -2.43. The van der Waals surface area contributed by atoms with E-state index in [2.05, 4.69) is 28.4 Å². The summed E-state index contributed by atoms with van der Waals surface area (Å²) in [6, 6.07) is 7.57. The molecular weight excluding hydrogens is 319 g/mol. The van der Waals surface area contributed by atoms with Crippen molar-refractivity contribution in [2.75, 3.05) is 32.8 Å². The molecule has 22 heavy (non-hydrogen) atoms. The molecule has 1 aliphatic carbocycles. The van der Waals surface area contributed by atoms with E-state index < -0.39 is 0 Å². The molecule has 1 aromatic rings. The molecule has 0 aromatic heterocycles. The van der Waals surface area contributed by atoms with Crippen molar-refractivity contribution in [1.29, 1.82) is 0 Å². The van der Waals surface area contributed by atoms with Gasteiger partial charge in [0.1, 0.15) is 5.75 Å². The van der Waals surface area contributed by atoms with Gasteiger partial charge in [-0.1, -0.05) is 18.6 Å². The van der Waals surface area contributed by atoms with Crippen molar-refractivity contribution in [2.24, 2.45) is 5.92 Å². The summed E-state index contributed by atoms with van der Waals surface area (Å²) in [5.74, 6) is 1.98. The van der Waals surface area contributed by atoms with Crippen LogP contribution in [0.4, 0.5) is 0 Å². The molecule has 2 aliphatic heterocycles. The van der Waals surface area contributed by atoms with Crippen LogP contribution in [0.25, 0.3) is 0 Å². The lowest BCUT2D eigenvalue weighted by atomic mass is 9.76. The maximum absolute atomic E-state index is 5.66. The Morgan fingerprint density at radius 2 is 1.91 bits per heavy atom. The van der Waals surface area contributed by atoms with Crippen molar-refractivity contribution in [2.45, 2.75) is 31.7 Å². The predicted octanol–water partition coefficient (Wildman–Crippen LogP) is 3.21. The highest BCUT2D eigenvalue weighted by atomic mass is 35.5. The quantitative estimate of drug-likeness (QED) is 0.911. The Kier molecular flexibility index (Phi) is 6.39. The monoisotopic (exact) mass is 344 g/mol. The Morgan fingerprint density at radius 1 is 1.14 bits per heavy atom. The minimum Gasteiger partial charge on any atom is -0.493 e. The number of ether oxygens (including phenoxy) is 1. The van der Waals surface area contributed by atoms with Crippen molar-refractivity contribution in [1.82, 2.24) is 10.2 Å². The van der Waals surface area contributed by atoms with Gasteiger partial charge >= 0.3 is 0 Å². The first-order valence-corrected chi connectivity index (χ1v) is 8.12. The zero-order valence-electron chi connectivity index (χ0n) is 12.9. The Morgan fingerprint density at radius 3 is 2.59 bits per heavy atom. The van der Waals surface area contributed by atoms with E-state index in [-0.39, 0.29) is 24.8 Å². The molecule has 2 fully saturated rings. The zero-order valence-corrected chi connectivity index (χ0v) is 14.6. The van der Waals surface area contributed by atoms with Crippen LogP contribution in [-0.2, 0) is 6.42 Å². The summed E-state index contributed by atoms with van der Waals surface area (Å²) in [7, 11) is 0. The summed E-state index contributed by atoms with van der Waals surface area (Å²) in [5, 5.41) is 3.48. The van der Waals surface area contributed by atoms with Crippen molar-refractivity contribution in [3.8, 4) is 5.75 Å². The fraction of sp³-hybridized carbons (Fsp3) is 0.647. The van der Waals surface area contributed by atoms with Gasteiger partial charge in [0.25, 0.3) is 0 Å². The molecule has 0 amide bonds. The Hall–Kier alpha value is -0.480. The molecule has 0 bridgehead atoms. The fourth-order valence-corrected chi connectivity index (χ4v) is 3.89. The van der Waals surface area contributed by atoms with Crippen LogP contribution in [0.1, 0.15) is 36.4 Å². The molecule has 1 saturated heterocycles. The van der Waals surface area contributed by atoms with Gasteiger partial charge in [-0.05, 0) is 36.0 Å². The van der Waals surface area contributed by atoms with Gasteiger partial charge in [-0.15, -0.1) is 24.8 Å². The number of fused-ring (bicyclic) bond motifs is 1. The van der Waals surface area contributed by atoms with Crippen LogP contribution < -0.4 is 10.1 Å². The molecule has 1 saturated carbocycles. The van der Waals surface area contributed by atoms with E-state index in [4.69, 9.17) is 4.74 Å². The third kappa shape index (κ3) is 3.38. The molecule has 3 nitrogen and oxygen atoms in total. The molecule has 3 aliphatic rings. The smallest absolute Gasteiger partial charge is 0.122 e. The predicted molar refractivity (Wildman–Crippen MR) is 94.7 cm³/mol. The van der Waals surface area contributed by atoms with Gasteiger partial charge in [-0.3, -0.25) is 4.90 Å². The second kappa shape index (κ2) is 7.87. The number of hydrogen-bond acceptors (Lipinski definition) is 3. The van der Waals surface area contributed by atoms with E-state index in [1.54, 1.807) is 0 Å². The van der Waals surface area contributed by atoms with Gasteiger partial charge in [0, 0.05) is 38.6 Å².